The number of methoxy groups -OCH3 is 1. The molecule has 0 bridgehead atoms. The van der Waals surface area contributed by atoms with E-state index < -0.39 is 0 Å². The molecule has 0 amide bonds. The van der Waals surface area contributed by atoms with E-state index in [1.54, 1.807) is 27.3 Å². The molecule has 1 aromatic carbocycles. The molecular formula is C18H22FNO2. The molecule has 0 saturated heterocycles. The van der Waals surface area contributed by atoms with Crippen molar-refractivity contribution in [1.29, 1.82) is 0 Å². The van der Waals surface area contributed by atoms with Crippen LogP contribution >= 0.6 is 0 Å². The first-order chi connectivity index (χ1) is 10.3. The second kappa shape index (κ2) is 5.95. The Kier molecular flexibility index (Phi) is 4.40. The van der Waals surface area contributed by atoms with Gasteiger partial charge in [-0.15, -0.1) is 0 Å². The summed E-state index contributed by atoms with van der Waals surface area (Å²) >= 11 is 0. The van der Waals surface area contributed by atoms with E-state index >= 15 is 0 Å². The van der Waals surface area contributed by atoms with Gasteiger partial charge in [-0.1, -0.05) is 13.8 Å². The van der Waals surface area contributed by atoms with E-state index in [0.29, 0.717) is 16.9 Å². The van der Waals surface area contributed by atoms with Crippen LogP contribution in [0.1, 0.15) is 36.5 Å². The average Bonchev–Trinajstić information content (AvgIpc) is 2.47. The van der Waals surface area contributed by atoms with Gasteiger partial charge < -0.3 is 9.30 Å². The number of rotatable bonds is 3. The summed E-state index contributed by atoms with van der Waals surface area (Å²) in [6.45, 7) is 7.54. The molecule has 1 heterocycles. The smallest absolute Gasteiger partial charge is 0.253 e. The molecule has 0 aliphatic carbocycles. The second-order valence-corrected chi connectivity index (χ2v) is 5.94. The van der Waals surface area contributed by atoms with Crippen molar-refractivity contribution in [2.75, 3.05) is 7.11 Å². The van der Waals surface area contributed by atoms with E-state index in [2.05, 4.69) is 0 Å². The third kappa shape index (κ3) is 2.65. The summed E-state index contributed by atoms with van der Waals surface area (Å²) in [4.78, 5) is 12.0. The average molecular weight is 303 g/mol. The zero-order valence-electron chi connectivity index (χ0n) is 14.0. The Morgan fingerprint density at radius 1 is 1.18 bits per heavy atom. The van der Waals surface area contributed by atoms with E-state index in [-0.39, 0.29) is 17.3 Å². The third-order valence-corrected chi connectivity index (χ3v) is 4.13. The molecule has 3 nitrogen and oxygen atoms in total. The van der Waals surface area contributed by atoms with Crippen LogP contribution in [-0.4, -0.2) is 11.7 Å². The fourth-order valence-corrected chi connectivity index (χ4v) is 2.74. The van der Waals surface area contributed by atoms with Gasteiger partial charge in [-0.05, 0) is 43.0 Å². The topological polar surface area (TPSA) is 31.2 Å². The largest absolute Gasteiger partial charge is 0.496 e. The van der Waals surface area contributed by atoms with Crippen molar-refractivity contribution < 1.29 is 9.13 Å². The maximum absolute atomic E-state index is 14.5. The molecule has 0 saturated carbocycles. The molecular weight excluding hydrogens is 281 g/mol. The second-order valence-electron chi connectivity index (χ2n) is 5.94. The first kappa shape index (κ1) is 16.3. The molecule has 0 aliphatic rings. The maximum atomic E-state index is 14.5. The summed E-state index contributed by atoms with van der Waals surface area (Å²) in [6.07, 6.45) is 1.74. The summed E-state index contributed by atoms with van der Waals surface area (Å²) in [6, 6.07) is 3.36. The van der Waals surface area contributed by atoms with Gasteiger partial charge in [0.05, 0.1) is 7.11 Å². The standard InChI is InChI=1S/C18H22FNO2/c1-10(2)17-15(19)7-13(8-16(17)22-6)14-9-20(5)18(21)12(4)11(14)3/h7-10H,1-6H3. The summed E-state index contributed by atoms with van der Waals surface area (Å²) in [5.74, 6) is 0.290. The van der Waals surface area contributed by atoms with Gasteiger partial charge in [0, 0.05) is 29.9 Å². The van der Waals surface area contributed by atoms with Crippen LogP contribution in [0.4, 0.5) is 4.39 Å². The van der Waals surface area contributed by atoms with E-state index in [4.69, 9.17) is 4.74 Å². The molecule has 0 atom stereocenters. The number of nitrogens with zero attached hydrogens (tertiary/aromatic N) is 1. The zero-order valence-corrected chi connectivity index (χ0v) is 14.0. The maximum Gasteiger partial charge on any atom is 0.253 e. The van der Waals surface area contributed by atoms with Crippen molar-refractivity contribution in [3.8, 4) is 16.9 Å². The van der Waals surface area contributed by atoms with Crippen LogP contribution in [0.25, 0.3) is 11.1 Å². The molecule has 0 radical (unpaired) electrons. The molecule has 22 heavy (non-hydrogen) atoms. The van der Waals surface area contributed by atoms with Gasteiger partial charge in [-0.3, -0.25) is 4.79 Å². The fraction of sp³-hybridized carbons (Fsp3) is 0.389. The van der Waals surface area contributed by atoms with E-state index in [1.807, 2.05) is 26.8 Å². The number of hydrogen-bond donors (Lipinski definition) is 0. The molecule has 1 aromatic heterocycles. The van der Waals surface area contributed by atoms with Crippen LogP contribution in [0, 0.1) is 19.7 Å². The highest BCUT2D eigenvalue weighted by molar-refractivity contribution is 5.70. The number of halogens is 1. The fourth-order valence-electron chi connectivity index (χ4n) is 2.74. The van der Waals surface area contributed by atoms with Gasteiger partial charge in [0.25, 0.3) is 5.56 Å². The SMILES string of the molecule is COc1cc(-c2cn(C)c(=O)c(C)c2C)cc(F)c1C(C)C. The first-order valence-electron chi connectivity index (χ1n) is 7.32. The van der Waals surface area contributed by atoms with E-state index in [9.17, 15) is 9.18 Å². The lowest BCUT2D eigenvalue weighted by Gasteiger charge is -2.17. The Morgan fingerprint density at radius 2 is 1.82 bits per heavy atom. The number of aryl methyl sites for hydroxylation is 1. The minimum atomic E-state index is -0.282. The monoisotopic (exact) mass is 303 g/mol. The molecule has 0 N–H and O–H groups in total. The van der Waals surface area contributed by atoms with Gasteiger partial charge in [-0.2, -0.15) is 0 Å². The number of aromatic nitrogens is 1. The van der Waals surface area contributed by atoms with Gasteiger partial charge in [0.15, 0.2) is 0 Å². The van der Waals surface area contributed by atoms with Gasteiger partial charge in [0.1, 0.15) is 11.6 Å². The lowest BCUT2D eigenvalue weighted by atomic mass is 9.94. The highest BCUT2D eigenvalue weighted by Gasteiger charge is 2.17. The molecule has 4 heteroatoms. The normalized spacial score (nSPS) is 11.1. The summed E-state index contributed by atoms with van der Waals surface area (Å²) in [5, 5.41) is 0. The molecule has 0 fully saturated rings. The molecule has 2 rings (SSSR count). The van der Waals surface area contributed by atoms with Crippen molar-refractivity contribution >= 4 is 0 Å². The van der Waals surface area contributed by atoms with Crippen LogP contribution in [0.15, 0.2) is 23.1 Å². The van der Waals surface area contributed by atoms with E-state index in [1.165, 1.54) is 10.6 Å². The Morgan fingerprint density at radius 3 is 2.36 bits per heavy atom. The lowest BCUT2D eigenvalue weighted by Crippen LogP contribution is -2.20. The number of benzene rings is 1. The van der Waals surface area contributed by atoms with Crippen molar-refractivity contribution in [1.82, 2.24) is 4.57 Å². The van der Waals surface area contributed by atoms with Crippen LogP contribution in [-0.2, 0) is 7.05 Å². The number of hydrogen-bond acceptors (Lipinski definition) is 2. The molecule has 0 unspecified atom stereocenters. The number of pyridine rings is 1. The predicted octanol–water partition coefficient (Wildman–Crippen LogP) is 3.94. The number of ether oxygens (including phenoxy) is 1. The van der Waals surface area contributed by atoms with Crippen molar-refractivity contribution in [3.05, 3.63) is 51.2 Å². The van der Waals surface area contributed by atoms with Crippen LogP contribution in [0.3, 0.4) is 0 Å². The molecule has 118 valence electrons. The molecule has 0 spiro atoms. The van der Waals surface area contributed by atoms with E-state index in [0.717, 1.165) is 16.7 Å². The van der Waals surface area contributed by atoms with Crippen LogP contribution in [0.5, 0.6) is 5.75 Å². The zero-order chi connectivity index (χ0) is 16.6. The van der Waals surface area contributed by atoms with Crippen LogP contribution < -0.4 is 10.3 Å². The lowest BCUT2D eigenvalue weighted by molar-refractivity contribution is 0.402. The summed E-state index contributed by atoms with van der Waals surface area (Å²) in [7, 11) is 3.25. The minimum absolute atomic E-state index is 0.0342. The van der Waals surface area contributed by atoms with Crippen molar-refractivity contribution in [2.24, 2.45) is 7.05 Å². The highest BCUT2D eigenvalue weighted by Crippen LogP contribution is 2.35. The Bertz CT molecular complexity index is 776. The highest BCUT2D eigenvalue weighted by atomic mass is 19.1. The van der Waals surface area contributed by atoms with Gasteiger partial charge in [-0.25, -0.2) is 4.39 Å². The summed E-state index contributed by atoms with van der Waals surface area (Å²) in [5.41, 5.74) is 3.63. The Balaban J connectivity index is 2.75. The third-order valence-electron chi connectivity index (χ3n) is 4.13. The van der Waals surface area contributed by atoms with Gasteiger partial charge >= 0.3 is 0 Å². The molecule has 0 aliphatic heterocycles. The summed E-state index contributed by atoms with van der Waals surface area (Å²) < 4.78 is 21.4. The van der Waals surface area contributed by atoms with Gasteiger partial charge in [0.2, 0.25) is 0 Å². The Hall–Kier alpha value is -2.10. The molecule has 2 aromatic rings. The Labute approximate surface area is 130 Å². The van der Waals surface area contributed by atoms with Crippen molar-refractivity contribution in [3.63, 3.8) is 0 Å². The quantitative estimate of drug-likeness (QED) is 0.860. The minimum Gasteiger partial charge on any atom is -0.496 e. The first-order valence-corrected chi connectivity index (χ1v) is 7.32. The van der Waals surface area contributed by atoms with Crippen molar-refractivity contribution in [2.45, 2.75) is 33.6 Å². The van der Waals surface area contributed by atoms with Crippen LogP contribution in [0.2, 0.25) is 0 Å². The predicted molar refractivity (Wildman–Crippen MR) is 87.2 cm³/mol.